The van der Waals surface area contributed by atoms with E-state index in [0.717, 1.165) is 6.42 Å². The number of carbonyl (C=O) groups is 2. The van der Waals surface area contributed by atoms with E-state index in [1.54, 1.807) is 24.1 Å². The minimum absolute atomic E-state index is 0.0524. The molecule has 0 atom stereocenters. The van der Waals surface area contributed by atoms with Gasteiger partial charge in [0.1, 0.15) is 5.82 Å². The highest BCUT2D eigenvalue weighted by molar-refractivity contribution is 7.13. The van der Waals surface area contributed by atoms with E-state index in [4.69, 9.17) is 4.74 Å². The molecule has 150 valence electrons. The van der Waals surface area contributed by atoms with Crippen LogP contribution in [0.1, 0.15) is 24.6 Å². The number of carbonyl (C=O) groups excluding carboxylic acids is 2. The third-order valence-corrected chi connectivity index (χ3v) is 5.55. The number of thiazole rings is 1. The summed E-state index contributed by atoms with van der Waals surface area (Å²) in [7, 11) is 1.75. The normalized spacial score (nSPS) is 14.8. The van der Waals surface area contributed by atoms with Crippen LogP contribution >= 0.6 is 11.3 Å². The molecule has 28 heavy (non-hydrogen) atoms. The number of rotatable bonds is 7. The minimum Gasteiger partial charge on any atom is -0.379 e. The molecule has 1 aromatic heterocycles. The number of ether oxygens (including phenoxy) is 1. The maximum absolute atomic E-state index is 13.2. The Balaban J connectivity index is 1.49. The monoisotopic (exact) mass is 406 g/mol. The molecule has 9 heteroatoms. The Bertz CT molecular complexity index is 848. The number of aromatic nitrogens is 1. The minimum atomic E-state index is -0.425. The summed E-state index contributed by atoms with van der Waals surface area (Å²) in [6.45, 7) is 3.48. The molecule has 0 bridgehead atoms. The zero-order valence-electron chi connectivity index (χ0n) is 15.8. The van der Waals surface area contributed by atoms with Crippen molar-refractivity contribution in [2.24, 2.45) is 5.41 Å². The van der Waals surface area contributed by atoms with Crippen LogP contribution < -0.4 is 10.6 Å². The maximum atomic E-state index is 13.2. The van der Waals surface area contributed by atoms with Gasteiger partial charge in [0.15, 0.2) is 5.13 Å². The van der Waals surface area contributed by atoms with Crippen molar-refractivity contribution in [3.63, 3.8) is 0 Å². The van der Waals surface area contributed by atoms with Crippen LogP contribution in [0, 0.1) is 11.2 Å². The van der Waals surface area contributed by atoms with Gasteiger partial charge >= 0.3 is 6.03 Å². The van der Waals surface area contributed by atoms with Crippen LogP contribution in [0.4, 0.5) is 14.3 Å². The lowest BCUT2D eigenvalue weighted by molar-refractivity contribution is -0.172. The highest BCUT2D eigenvalue weighted by Crippen LogP contribution is 2.33. The topological polar surface area (TPSA) is 83.6 Å². The smallest absolute Gasteiger partial charge is 0.321 e. The third-order valence-electron chi connectivity index (χ3n) is 4.75. The number of halogens is 1. The Kier molecular flexibility index (Phi) is 6.25. The fraction of sp³-hybridized carbons (Fsp3) is 0.421. The van der Waals surface area contributed by atoms with Crippen molar-refractivity contribution in [2.45, 2.75) is 26.4 Å². The molecule has 0 unspecified atom stereocenters. The first-order valence-corrected chi connectivity index (χ1v) is 9.87. The molecule has 2 heterocycles. The second kappa shape index (κ2) is 8.66. The molecule has 0 spiro atoms. The van der Waals surface area contributed by atoms with Gasteiger partial charge in [-0.3, -0.25) is 10.1 Å². The van der Waals surface area contributed by atoms with E-state index in [-0.39, 0.29) is 18.3 Å². The molecule has 3 rings (SSSR count). The van der Waals surface area contributed by atoms with Crippen LogP contribution in [0.15, 0.2) is 29.6 Å². The van der Waals surface area contributed by atoms with Crippen molar-refractivity contribution in [1.29, 1.82) is 0 Å². The summed E-state index contributed by atoms with van der Waals surface area (Å²) in [5, 5.41) is 7.55. The molecule has 1 fully saturated rings. The molecule has 1 aromatic carbocycles. The highest BCUT2D eigenvalue weighted by Gasteiger charge is 2.45. The Labute approximate surface area is 166 Å². The second-order valence-electron chi connectivity index (χ2n) is 6.87. The first kappa shape index (κ1) is 20.2. The molecular weight excluding hydrogens is 383 g/mol. The summed E-state index contributed by atoms with van der Waals surface area (Å²) in [6, 6.07) is 5.61. The molecule has 0 radical (unpaired) electrons. The predicted molar refractivity (Wildman–Crippen MR) is 104 cm³/mol. The fourth-order valence-corrected chi connectivity index (χ4v) is 3.65. The van der Waals surface area contributed by atoms with Gasteiger partial charge in [-0.2, -0.15) is 0 Å². The van der Waals surface area contributed by atoms with Crippen LogP contribution in [0.25, 0.3) is 0 Å². The molecular formula is C19H23FN4O3S. The third kappa shape index (κ3) is 4.66. The lowest BCUT2D eigenvalue weighted by atomic mass is 9.81. The van der Waals surface area contributed by atoms with E-state index in [0.29, 0.717) is 36.1 Å². The molecule has 1 aliphatic rings. The molecule has 1 saturated heterocycles. The average molecular weight is 406 g/mol. The quantitative estimate of drug-likeness (QED) is 0.741. The van der Waals surface area contributed by atoms with Crippen molar-refractivity contribution in [3.05, 3.63) is 46.7 Å². The predicted octanol–water partition coefficient (Wildman–Crippen LogP) is 2.99. The zero-order chi connectivity index (χ0) is 20.1. The van der Waals surface area contributed by atoms with Gasteiger partial charge in [0, 0.05) is 19.0 Å². The Morgan fingerprint density at radius 3 is 2.82 bits per heavy atom. The Morgan fingerprint density at radius 2 is 2.18 bits per heavy atom. The van der Waals surface area contributed by atoms with E-state index in [2.05, 4.69) is 15.6 Å². The SMILES string of the molecule is CCC1(C(=O)N(C)Cc2csc(NC(=O)NCc3cccc(F)c3)n2)COC1. The van der Waals surface area contributed by atoms with Gasteiger partial charge in [-0.05, 0) is 24.1 Å². The summed E-state index contributed by atoms with van der Waals surface area (Å²) in [4.78, 5) is 30.6. The van der Waals surface area contributed by atoms with Gasteiger partial charge in [0.25, 0.3) is 0 Å². The van der Waals surface area contributed by atoms with Crippen molar-refractivity contribution < 1.29 is 18.7 Å². The van der Waals surface area contributed by atoms with E-state index in [9.17, 15) is 14.0 Å². The second-order valence-corrected chi connectivity index (χ2v) is 7.73. The van der Waals surface area contributed by atoms with Crippen LogP contribution in [0.3, 0.4) is 0 Å². The molecule has 0 aliphatic carbocycles. The number of benzene rings is 1. The van der Waals surface area contributed by atoms with Crippen molar-refractivity contribution in [1.82, 2.24) is 15.2 Å². The number of anilines is 1. The van der Waals surface area contributed by atoms with Crippen LogP contribution in [0.2, 0.25) is 0 Å². The first-order chi connectivity index (χ1) is 13.4. The summed E-state index contributed by atoms with van der Waals surface area (Å²) >= 11 is 1.28. The largest absolute Gasteiger partial charge is 0.379 e. The maximum Gasteiger partial charge on any atom is 0.321 e. The van der Waals surface area contributed by atoms with E-state index >= 15 is 0 Å². The molecule has 3 amide bonds. The van der Waals surface area contributed by atoms with Crippen LogP contribution in [-0.4, -0.2) is 42.1 Å². The number of hydrogen-bond donors (Lipinski definition) is 2. The molecule has 7 nitrogen and oxygen atoms in total. The number of urea groups is 1. The standard InChI is InChI=1S/C19H23FN4O3S/c1-3-19(11-27-12-19)16(25)24(2)9-15-10-28-18(22-15)23-17(26)21-8-13-5-4-6-14(20)7-13/h4-7,10H,3,8-9,11-12H2,1-2H3,(H2,21,22,23,26). The van der Waals surface area contributed by atoms with Crippen molar-refractivity contribution in [2.75, 3.05) is 25.6 Å². The average Bonchev–Trinajstić information content (AvgIpc) is 3.06. The van der Waals surface area contributed by atoms with E-state index in [1.807, 2.05) is 12.3 Å². The molecule has 1 aliphatic heterocycles. The lowest BCUT2D eigenvalue weighted by Gasteiger charge is -2.41. The van der Waals surface area contributed by atoms with Gasteiger partial charge in [-0.15, -0.1) is 11.3 Å². The Morgan fingerprint density at radius 1 is 1.39 bits per heavy atom. The van der Waals surface area contributed by atoms with E-state index < -0.39 is 11.4 Å². The summed E-state index contributed by atoms with van der Waals surface area (Å²) < 4.78 is 18.4. The van der Waals surface area contributed by atoms with E-state index in [1.165, 1.54) is 23.5 Å². The van der Waals surface area contributed by atoms with Gasteiger partial charge in [-0.25, -0.2) is 14.2 Å². The van der Waals surface area contributed by atoms with Gasteiger partial charge in [0.2, 0.25) is 5.91 Å². The summed E-state index contributed by atoms with van der Waals surface area (Å²) in [6.07, 6.45) is 0.742. The zero-order valence-corrected chi connectivity index (χ0v) is 16.6. The van der Waals surface area contributed by atoms with Crippen molar-refractivity contribution >= 4 is 28.4 Å². The summed E-state index contributed by atoms with van der Waals surface area (Å²) in [5.41, 5.74) is 0.954. The number of nitrogens with zero attached hydrogens (tertiary/aromatic N) is 2. The first-order valence-electron chi connectivity index (χ1n) is 8.99. The highest BCUT2D eigenvalue weighted by atomic mass is 32.1. The van der Waals surface area contributed by atoms with Gasteiger partial charge in [-0.1, -0.05) is 19.1 Å². The molecule has 2 N–H and O–H groups in total. The summed E-state index contributed by atoms with van der Waals surface area (Å²) in [5.74, 6) is -0.294. The number of hydrogen-bond acceptors (Lipinski definition) is 5. The number of amides is 3. The molecule has 2 aromatic rings. The lowest BCUT2D eigenvalue weighted by Crippen LogP contribution is -2.53. The Hall–Kier alpha value is -2.52. The molecule has 0 saturated carbocycles. The van der Waals surface area contributed by atoms with Crippen LogP contribution in [0.5, 0.6) is 0 Å². The number of nitrogens with one attached hydrogen (secondary N) is 2. The van der Waals surface area contributed by atoms with Gasteiger partial charge in [0.05, 0.1) is 30.9 Å². The van der Waals surface area contributed by atoms with Crippen molar-refractivity contribution in [3.8, 4) is 0 Å². The van der Waals surface area contributed by atoms with Crippen LogP contribution in [-0.2, 0) is 22.6 Å². The fourth-order valence-electron chi connectivity index (χ4n) is 2.95. The van der Waals surface area contributed by atoms with Gasteiger partial charge < -0.3 is 15.0 Å².